The van der Waals surface area contributed by atoms with Crippen LogP contribution < -0.4 is 10.5 Å². The quantitative estimate of drug-likeness (QED) is 0.697. The minimum atomic E-state index is -3.67. The van der Waals surface area contributed by atoms with Gasteiger partial charge in [-0.1, -0.05) is 6.07 Å². The Morgan fingerprint density at radius 2 is 2.20 bits per heavy atom. The molecule has 7 nitrogen and oxygen atoms in total. The standard InChI is InChI=1S/C17H27N3O4S/c1-13(18)16-8-3-4-10-20(16)17(21)14-6-5-7-15(12-14)25(22,23)19-9-11-24-2/h5-7,12-13,16,19H,3-4,8-11,18H2,1-2H3. The number of amides is 1. The van der Waals surface area contributed by atoms with E-state index in [1.807, 2.05) is 6.92 Å². The maximum absolute atomic E-state index is 12.9. The van der Waals surface area contributed by atoms with Crippen LogP contribution in [0.2, 0.25) is 0 Å². The molecule has 1 aromatic rings. The van der Waals surface area contributed by atoms with Gasteiger partial charge >= 0.3 is 0 Å². The number of benzene rings is 1. The lowest BCUT2D eigenvalue weighted by atomic mass is 9.96. The molecule has 0 bridgehead atoms. The number of rotatable bonds is 7. The number of carbonyl (C=O) groups is 1. The summed E-state index contributed by atoms with van der Waals surface area (Å²) in [5, 5.41) is 0. The molecule has 140 valence electrons. The highest BCUT2D eigenvalue weighted by Crippen LogP contribution is 2.22. The summed E-state index contributed by atoms with van der Waals surface area (Å²) < 4.78 is 31.9. The van der Waals surface area contributed by atoms with Crippen molar-refractivity contribution in [2.45, 2.75) is 43.2 Å². The zero-order chi connectivity index (χ0) is 18.4. The van der Waals surface area contributed by atoms with Crippen molar-refractivity contribution in [2.24, 2.45) is 5.73 Å². The van der Waals surface area contributed by atoms with Crippen molar-refractivity contribution < 1.29 is 17.9 Å². The number of nitrogens with zero attached hydrogens (tertiary/aromatic N) is 1. The monoisotopic (exact) mass is 369 g/mol. The van der Waals surface area contributed by atoms with Crippen LogP contribution in [0.15, 0.2) is 29.2 Å². The summed E-state index contributed by atoms with van der Waals surface area (Å²) in [4.78, 5) is 14.7. The van der Waals surface area contributed by atoms with E-state index in [1.165, 1.54) is 19.2 Å². The second-order valence-electron chi connectivity index (χ2n) is 6.34. The Bertz CT molecular complexity index is 691. The van der Waals surface area contributed by atoms with Gasteiger partial charge in [-0.05, 0) is 44.4 Å². The first-order valence-electron chi connectivity index (χ1n) is 8.52. The van der Waals surface area contributed by atoms with Gasteiger partial charge in [0.2, 0.25) is 10.0 Å². The number of sulfonamides is 1. The fraction of sp³-hybridized carbons (Fsp3) is 0.588. The Morgan fingerprint density at radius 3 is 2.88 bits per heavy atom. The number of piperidine rings is 1. The smallest absolute Gasteiger partial charge is 0.254 e. The highest BCUT2D eigenvalue weighted by Gasteiger charge is 2.30. The minimum absolute atomic E-state index is 0.0126. The Balaban J connectivity index is 2.21. The first-order chi connectivity index (χ1) is 11.9. The van der Waals surface area contributed by atoms with Gasteiger partial charge in [0, 0.05) is 37.8 Å². The lowest BCUT2D eigenvalue weighted by Crippen LogP contribution is -2.51. The molecular weight excluding hydrogens is 342 g/mol. The topological polar surface area (TPSA) is 102 Å². The second kappa shape index (κ2) is 8.75. The second-order valence-corrected chi connectivity index (χ2v) is 8.11. The van der Waals surface area contributed by atoms with Crippen LogP contribution in [0.1, 0.15) is 36.5 Å². The van der Waals surface area contributed by atoms with Gasteiger partial charge in [0.1, 0.15) is 0 Å². The number of nitrogens with two attached hydrogens (primary N) is 1. The molecule has 25 heavy (non-hydrogen) atoms. The molecule has 8 heteroatoms. The predicted octanol–water partition coefficient (Wildman–Crippen LogP) is 0.953. The molecule has 2 rings (SSSR count). The van der Waals surface area contributed by atoms with E-state index in [2.05, 4.69) is 4.72 Å². The van der Waals surface area contributed by atoms with Gasteiger partial charge < -0.3 is 15.4 Å². The lowest BCUT2D eigenvalue weighted by Gasteiger charge is -2.38. The SMILES string of the molecule is COCCNS(=O)(=O)c1cccc(C(=O)N2CCCCC2C(C)N)c1. The van der Waals surface area contributed by atoms with E-state index in [9.17, 15) is 13.2 Å². The molecule has 2 atom stereocenters. The van der Waals surface area contributed by atoms with E-state index >= 15 is 0 Å². The zero-order valence-electron chi connectivity index (χ0n) is 14.8. The zero-order valence-corrected chi connectivity index (χ0v) is 15.6. The third-order valence-corrected chi connectivity index (χ3v) is 5.87. The van der Waals surface area contributed by atoms with Gasteiger partial charge in [0.05, 0.1) is 11.5 Å². The molecule has 1 aliphatic heterocycles. The van der Waals surface area contributed by atoms with Crippen LogP contribution in [0.25, 0.3) is 0 Å². The molecule has 0 aliphatic carbocycles. The van der Waals surface area contributed by atoms with E-state index < -0.39 is 10.0 Å². The summed E-state index contributed by atoms with van der Waals surface area (Å²) in [7, 11) is -2.17. The fourth-order valence-corrected chi connectivity index (χ4v) is 4.14. The third-order valence-electron chi connectivity index (χ3n) is 4.41. The number of hydrogen-bond donors (Lipinski definition) is 2. The molecule has 1 saturated heterocycles. The summed E-state index contributed by atoms with van der Waals surface area (Å²) >= 11 is 0. The largest absolute Gasteiger partial charge is 0.383 e. The fourth-order valence-electron chi connectivity index (χ4n) is 3.08. The van der Waals surface area contributed by atoms with Gasteiger partial charge in [-0.3, -0.25) is 4.79 Å². The molecule has 0 radical (unpaired) electrons. The first kappa shape index (κ1) is 19.8. The van der Waals surface area contributed by atoms with Gasteiger partial charge in [-0.25, -0.2) is 13.1 Å². The van der Waals surface area contributed by atoms with Crippen LogP contribution in [0.5, 0.6) is 0 Å². The third kappa shape index (κ3) is 5.01. The molecule has 1 aromatic carbocycles. The Labute approximate surface area is 149 Å². The number of carbonyl (C=O) groups excluding carboxylic acids is 1. The van der Waals surface area contributed by atoms with Crippen LogP contribution in [0.3, 0.4) is 0 Å². The van der Waals surface area contributed by atoms with Crippen LogP contribution >= 0.6 is 0 Å². The number of nitrogens with one attached hydrogen (secondary N) is 1. The summed E-state index contributed by atoms with van der Waals surface area (Å²) in [6.45, 7) is 3.00. The maximum atomic E-state index is 12.9. The minimum Gasteiger partial charge on any atom is -0.383 e. The first-order valence-corrected chi connectivity index (χ1v) is 10.0. The van der Waals surface area contributed by atoms with Gasteiger partial charge in [0.15, 0.2) is 0 Å². The van der Waals surface area contributed by atoms with Crippen molar-refractivity contribution in [3.8, 4) is 0 Å². The molecule has 1 aliphatic rings. The summed E-state index contributed by atoms with van der Waals surface area (Å²) in [6.07, 6.45) is 2.86. The van der Waals surface area contributed by atoms with E-state index in [0.717, 1.165) is 19.3 Å². The lowest BCUT2D eigenvalue weighted by molar-refractivity contribution is 0.0583. The highest BCUT2D eigenvalue weighted by atomic mass is 32.2. The normalized spacial score (nSPS) is 19.6. The summed E-state index contributed by atoms with van der Waals surface area (Å²) in [5.74, 6) is -0.170. The van der Waals surface area contributed by atoms with Crippen molar-refractivity contribution >= 4 is 15.9 Å². The van der Waals surface area contributed by atoms with Crippen LogP contribution in [-0.2, 0) is 14.8 Å². The van der Waals surface area contributed by atoms with E-state index in [1.54, 1.807) is 17.0 Å². The van der Waals surface area contributed by atoms with Gasteiger partial charge in [0.25, 0.3) is 5.91 Å². The van der Waals surface area contributed by atoms with Crippen molar-refractivity contribution in [1.29, 1.82) is 0 Å². The van der Waals surface area contributed by atoms with Gasteiger partial charge in [-0.15, -0.1) is 0 Å². The van der Waals surface area contributed by atoms with E-state index in [0.29, 0.717) is 12.1 Å². The Hall–Kier alpha value is -1.48. The number of hydrogen-bond acceptors (Lipinski definition) is 5. The highest BCUT2D eigenvalue weighted by molar-refractivity contribution is 7.89. The van der Waals surface area contributed by atoms with E-state index in [-0.39, 0.29) is 36.0 Å². The summed E-state index contributed by atoms with van der Waals surface area (Å²) in [5.41, 5.74) is 6.39. The van der Waals surface area contributed by atoms with E-state index in [4.69, 9.17) is 10.5 Å². The molecule has 0 saturated carbocycles. The molecule has 1 amide bonds. The maximum Gasteiger partial charge on any atom is 0.254 e. The van der Waals surface area contributed by atoms with Crippen LogP contribution in [0.4, 0.5) is 0 Å². The van der Waals surface area contributed by atoms with Crippen molar-refractivity contribution in [2.75, 3.05) is 26.8 Å². The number of methoxy groups -OCH3 is 1. The van der Waals surface area contributed by atoms with Gasteiger partial charge in [-0.2, -0.15) is 0 Å². The predicted molar refractivity (Wildman–Crippen MR) is 95.8 cm³/mol. The van der Waals surface area contributed by atoms with Crippen LogP contribution in [0, 0.1) is 0 Å². The summed E-state index contributed by atoms with van der Waals surface area (Å²) in [6, 6.07) is 6.00. The number of ether oxygens (including phenoxy) is 1. The van der Waals surface area contributed by atoms with Crippen LogP contribution in [-0.4, -0.2) is 58.1 Å². The molecule has 1 heterocycles. The molecule has 2 unspecified atom stereocenters. The van der Waals surface area contributed by atoms with Crippen molar-refractivity contribution in [1.82, 2.24) is 9.62 Å². The molecular formula is C17H27N3O4S. The average molecular weight is 369 g/mol. The molecule has 0 aromatic heterocycles. The van der Waals surface area contributed by atoms with Crippen molar-refractivity contribution in [3.63, 3.8) is 0 Å². The Kier molecular flexibility index (Phi) is 6.95. The van der Waals surface area contributed by atoms with Crippen molar-refractivity contribution in [3.05, 3.63) is 29.8 Å². The Morgan fingerprint density at radius 1 is 1.44 bits per heavy atom. The average Bonchev–Trinajstić information content (AvgIpc) is 2.61. The molecule has 1 fully saturated rings. The molecule has 3 N–H and O–H groups in total. The molecule has 0 spiro atoms. The number of likely N-dealkylation sites (tertiary alicyclic amines) is 1.